The van der Waals surface area contributed by atoms with Crippen molar-refractivity contribution in [2.75, 3.05) is 38.4 Å². The van der Waals surface area contributed by atoms with Gasteiger partial charge < -0.3 is 34.0 Å². The summed E-state index contributed by atoms with van der Waals surface area (Å²) >= 11 is 0. The van der Waals surface area contributed by atoms with E-state index in [9.17, 15) is 23.7 Å². The predicted molar refractivity (Wildman–Crippen MR) is 99.2 cm³/mol. The zero-order valence-electron chi connectivity index (χ0n) is 15.5. The fraction of sp³-hybridized carbons (Fsp3) is 0.714. The minimum absolute atomic E-state index is 0.0343. The molecule has 0 radical (unpaired) electrons. The maximum absolute atomic E-state index is 12.1. The van der Waals surface area contributed by atoms with E-state index in [1.54, 1.807) is 6.92 Å². The van der Waals surface area contributed by atoms with Crippen LogP contribution in [0, 0.1) is 0 Å². The SMILES string of the molecule is CCOCCP(=O)(O)OC[C@H]1O[C@@H](n2ccc(N)nc2=O)CC1OP(C)(=O)O. The molecule has 1 fully saturated rings. The molecule has 0 bridgehead atoms. The number of anilines is 1. The molecule has 28 heavy (non-hydrogen) atoms. The van der Waals surface area contributed by atoms with Gasteiger partial charge in [0, 0.05) is 25.9 Å². The summed E-state index contributed by atoms with van der Waals surface area (Å²) in [4.78, 5) is 35.0. The summed E-state index contributed by atoms with van der Waals surface area (Å²) in [6.07, 6.45) is -1.57. The molecule has 5 atom stereocenters. The van der Waals surface area contributed by atoms with E-state index in [2.05, 4.69) is 4.98 Å². The van der Waals surface area contributed by atoms with Gasteiger partial charge in [0.15, 0.2) is 0 Å². The highest BCUT2D eigenvalue weighted by molar-refractivity contribution is 7.52. The van der Waals surface area contributed by atoms with Crippen molar-refractivity contribution < 1.29 is 37.4 Å². The molecule has 4 N–H and O–H groups in total. The molecule has 160 valence electrons. The number of ether oxygens (including phenoxy) is 2. The largest absolute Gasteiger partial charge is 0.383 e. The first-order valence-electron chi connectivity index (χ1n) is 8.53. The van der Waals surface area contributed by atoms with Gasteiger partial charge >= 0.3 is 20.9 Å². The molecule has 2 heterocycles. The van der Waals surface area contributed by atoms with Gasteiger partial charge in [0.1, 0.15) is 18.1 Å². The van der Waals surface area contributed by atoms with Gasteiger partial charge in [-0.25, -0.2) is 4.79 Å². The van der Waals surface area contributed by atoms with Crippen LogP contribution < -0.4 is 11.4 Å². The standard InChI is InChI=1S/C14H25N3O9P2/c1-3-23-6-7-28(21,22)24-9-11-10(26-27(2,19)20)8-13(25-11)17-5-4-12(15)16-14(17)18/h4-5,10-11,13H,3,6-9H2,1-2H3,(H,19,20)(H,21,22)(H2,15,16,18)/t10?,11-,13-/m1/s1. The van der Waals surface area contributed by atoms with Crippen LogP contribution in [0.4, 0.5) is 5.82 Å². The lowest BCUT2D eigenvalue weighted by Gasteiger charge is -2.21. The van der Waals surface area contributed by atoms with Gasteiger partial charge in [-0.2, -0.15) is 4.98 Å². The molecule has 3 unspecified atom stereocenters. The van der Waals surface area contributed by atoms with Gasteiger partial charge in [0.25, 0.3) is 0 Å². The number of nitrogens with two attached hydrogens (primary N) is 1. The third-order valence-electron chi connectivity index (χ3n) is 3.84. The smallest absolute Gasteiger partial charge is 0.351 e. The lowest BCUT2D eigenvalue weighted by atomic mass is 10.2. The predicted octanol–water partition coefficient (Wildman–Crippen LogP) is 0.552. The Labute approximate surface area is 161 Å². The zero-order chi connectivity index (χ0) is 20.9. The molecule has 1 aromatic heterocycles. The summed E-state index contributed by atoms with van der Waals surface area (Å²) in [7, 11) is -7.84. The Morgan fingerprint density at radius 2 is 2.14 bits per heavy atom. The van der Waals surface area contributed by atoms with Crippen LogP contribution in [0.2, 0.25) is 0 Å². The normalized spacial score (nSPS) is 26.6. The van der Waals surface area contributed by atoms with Gasteiger partial charge in [-0.15, -0.1) is 0 Å². The average molecular weight is 441 g/mol. The first-order valence-corrected chi connectivity index (χ1v) is 12.3. The second kappa shape index (κ2) is 9.60. The summed E-state index contributed by atoms with van der Waals surface area (Å²) < 4.78 is 45.8. The topological polar surface area (TPSA) is 172 Å². The third-order valence-corrected chi connectivity index (χ3v) is 5.80. The second-order valence-corrected chi connectivity index (χ2v) is 10.0. The zero-order valence-corrected chi connectivity index (χ0v) is 17.3. The van der Waals surface area contributed by atoms with Gasteiger partial charge in [0.05, 0.1) is 25.5 Å². The van der Waals surface area contributed by atoms with Crippen LogP contribution >= 0.6 is 15.2 Å². The fourth-order valence-corrected chi connectivity index (χ4v) is 4.20. The van der Waals surface area contributed by atoms with E-state index in [1.807, 2.05) is 0 Å². The van der Waals surface area contributed by atoms with E-state index >= 15 is 0 Å². The van der Waals surface area contributed by atoms with Crippen LogP contribution in [0.15, 0.2) is 17.1 Å². The maximum Gasteiger partial charge on any atom is 0.351 e. The number of nitrogen functional groups attached to an aromatic ring is 1. The summed E-state index contributed by atoms with van der Waals surface area (Å²) in [5.41, 5.74) is 4.79. The van der Waals surface area contributed by atoms with Gasteiger partial charge in [-0.05, 0) is 13.0 Å². The van der Waals surface area contributed by atoms with Gasteiger partial charge in [-0.1, -0.05) is 0 Å². The highest BCUT2D eigenvalue weighted by Crippen LogP contribution is 2.46. The Hall–Kier alpha value is -1.10. The number of hydrogen-bond acceptors (Lipinski definition) is 9. The highest BCUT2D eigenvalue weighted by Gasteiger charge is 2.41. The summed E-state index contributed by atoms with van der Waals surface area (Å²) in [5.74, 6) is 0.0378. The molecule has 12 nitrogen and oxygen atoms in total. The molecule has 0 saturated carbocycles. The number of rotatable bonds is 10. The average Bonchev–Trinajstić information content (AvgIpc) is 2.94. The molecule has 1 aliphatic heterocycles. The minimum Gasteiger partial charge on any atom is -0.383 e. The van der Waals surface area contributed by atoms with Crippen molar-refractivity contribution in [2.45, 2.75) is 31.8 Å². The Kier molecular flexibility index (Phi) is 7.95. The van der Waals surface area contributed by atoms with Crippen LogP contribution in [0.25, 0.3) is 0 Å². The summed E-state index contributed by atoms with van der Waals surface area (Å²) in [6, 6.07) is 1.40. The second-order valence-electron chi connectivity index (χ2n) is 6.21. The van der Waals surface area contributed by atoms with Crippen molar-refractivity contribution in [3.63, 3.8) is 0 Å². The van der Waals surface area contributed by atoms with E-state index in [4.69, 9.17) is 24.3 Å². The van der Waals surface area contributed by atoms with Crippen molar-refractivity contribution in [2.24, 2.45) is 0 Å². The van der Waals surface area contributed by atoms with E-state index in [-0.39, 0.29) is 31.6 Å². The molecule has 14 heteroatoms. The molecule has 2 rings (SSSR count). The van der Waals surface area contributed by atoms with E-state index in [0.717, 1.165) is 11.2 Å². The Bertz CT molecular complexity index is 811. The van der Waals surface area contributed by atoms with Crippen LogP contribution in [0.3, 0.4) is 0 Å². The van der Waals surface area contributed by atoms with Crippen molar-refractivity contribution in [3.8, 4) is 0 Å². The molecule has 0 amide bonds. The lowest BCUT2D eigenvalue weighted by Crippen LogP contribution is -2.29. The molecule has 0 aliphatic carbocycles. The molecular formula is C14H25N3O9P2. The van der Waals surface area contributed by atoms with Crippen molar-refractivity contribution in [3.05, 3.63) is 22.7 Å². The van der Waals surface area contributed by atoms with Gasteiger partial charge in [-0.3, -0.25) is 13.7 Å². The Morgan fingerprint density at radius 3 is 2.75 bits per heavy atom. The molecule has 0 aromatic carbocycles. The van der Waals surface area contributed by atoms with Crippen LogP contribution in [0.1, 0.15) is 19.6 Å². The Morgan fingerprint density at radius 1 is 1.43 bits per heavy atom. The third kappa shape index (κ3) is 7.06. The Balaban J connectivity index is 2.10. The monoisotopic (exact) mass is 441 g/mol. The lowest BCUT2D eigenvalue weighted by molar-refractivity contribution is -0.0396. The highest BCUT2D eigenvalue weighted by atomic mass is 31.2. The minimum atomic E-state index is -3.95. The van der Waals surface area contributed by atoms with Crippen LogP contribution in [0.5, 0.6) is 0 Å². The van der Waals surface area contributed by atoms with Gasteiger partial charge in [0.2, 0.25) is 0 Å². The number of nitrogens with zero attached hydrogens (tertiary/aromatic N) is 2. The van der Waals surface area contributed by atoms with Crippen molar-refractivity contribution in [1.82, 2.24) is 9.55 Å². The molecule has 0 spiro atoms. The van der Waals surface area contributed by atoms with Crippen molar-refractivity contribution in [1.29, 1.82) is 0 Å². The number of aromatic nitrogens is 2. The van der Waals surface area contributed by atoms with E-state index < -0.39 is 39.3 Å². The van der Waals surface area contributed by atoms with E-state index in [1.165, 1.54) is 12.3 Å². The van der Waals surface area contributed by atoms with Crippen LogP contribution in [-0.2, 0) is 27.7 Å². The fourth-order valence-electron chi connectivity index (χ4n) is 2.61. The number of hydrogen-bond donors (Lipinski definition) is 3. The first kappa shape index (κ1) is 23.2. The quantitative estimate of drug-likeness (QED) is 0.342. The molecule has 1 saturated heterocycles. The van der Waals surface area contributed by atoms with E-state index in [0.29, 0.717) is 6.61 Å². The maximum atomic E-state index is 12.1. The van der Waals surface area contributed by atoms with Crippen LogP contribution in [-0.4, -0.2) is 64.2 Å². The first-order chi connectivity index (χ1) is 13.0. The summed E-state index contributed by atoms with van der Waals surface area (Å²) in [5, 5.41) is 0. The summed E-state index contributed by atoms with van der Waals surface area (Å²) in [6.45, 7) is 2.83. The molecule has 1 aliphatic rings. The van der Waals surface area contributed by atoms with Crippen molar-refractivity contribution >= 4 is 21.0 Å². The molecule has 1 aromatic rings. The molecular weight excluding hydrogens is 416 g/mol.